The van der Waals surface area contributed by atoms with Crippen molar-refractivity contribution in [1.29, 1.82) is 0 Å². The van der Waals surface area contributed by atoms with E-state index in [1.54, 1.807) is 6.92 Å². The van der Waals surface area contributed by atoms with Crippen LogP contribution in [0.2, 0.25) is 0 Å². The van der Waals surface area contributed by atoms with E-state index in [2.05, 4.69) is 15.5 Å². The minimum Gasteiger partial charge on any atom is -0.336 e. The Balaban J connectivity index is 1.67. The van der Waals surface area contributed by atoms with Gasteiger partial charge in [-0.3, -0.25) is 9.69 Å². The van der Waals surface area contributed by atoms with Crippen molar-refractivity contribution >= 4 is 23.7 Å². The van der Waals surface area contributed by atoms with E-state index in [-0.39, 0.29) is 11.9 Å². The standard InChI is InChI=1S/C16H19N5O2S/c1-11(14(22)21-9-8-17-15(21)23)24-16-19-18-13(20(16)2)10-12-6-4-3-5-7-12/h3-7,11H,8-10H2,1-2H3,(H,17,23). The fourth-order valence-corrected chi connectivity index (χ4v) is 3.39. The molecule has 2 heterocycles. The van der Waals surface area contributed by atoms with E-state index in [9.17, 15) is 9.59 Å². The molecule has 1 aromatic heterocycles. The van der Waals surface area contributed by atoms with E-state index >= 15 is 0 Å². The fraction of sp³-hybridized carbons (Fsp3) is 0.375. The normalized spacial score (nSPS) is 15.4. The minimum absolute atomic E-state index is 0.206. The number of nitrogens with one attached hydrogen (secondary N) is 1. The summed E-state index contributed by atoms with van der Waals surface area (Å²) < 4.78 is 1.89. The molecule has 1 atom stereocenters. The maximum atomic E-state index is 12.4. The number of hydrogen-bond donors (Lipinski definition) is 1. The molecule has 1 aliphatic heterocycles. The summed E-state index contributed by atoms with van der Waals surface area (Å²) in [6, 6.07) is 9.71. The van der Waals surface area contributed by atoms with Crippen LogP contribution in [0.4, 0.5) is 4.79 Å². The maximum Gasteiger partial charge on any atom is 0.324 e. The van der Waals surface area contributed by atoms with Crippen LogP contribution in [0.25, 0.3) is 0 Å². The zero-order valence-corrected chi connectivity index (χ0v) is 14.4. The molecule has 2 aromatic rings. The Hall–Kier alpha value is -2.35. The molecule has 7 nitrogen and oxygen atoms in total. The van der Waals surface area contributed by atoms with E-state index in [1.807, 2.05) is 41.9 Å². The Morgan fingerprint density at radius 2 is 2.08 bits per heavy atom. The van der Waals surface area contributed by atoms with Gasteiger partial charge in [0.1, 0.15) is 5.82 Å². The topological polar surface area (TPSA) is 80.1 Å². The van der Waals surface area contributed by atoms with Crippen molar-refractivity contribution in [1.82, 2.24) is 25.0 Å². The molecule has 1 aliphatic rings. The number of carbonyl (C=O) groups is 2. The van der Waals surface area contributed by atoms with Crippen molar-refractivity contribution in [3.05, 3.63) is 41.7 Å². The average Bonchev–Trinajstić information content (AvgIpc) is 3.15. The third kappa shape index (κ3) is 3.43. The van der Waals surface area contributed by atoms with Gasteiger partial charge >= 0.3 is 6.03 Å². The summed E-state index contributed by atoms with van der Waals surface area (Å²) in [4.78, 5) is 25.2. The third-order valence-electron chi connectivity index (χ3n) is 3.88. The number of aromatic nitrogens is 3. The van der Waals surface area contributed by atoms with Gasteiger partial charge in [0.25, 0.3) is 0 Å². The number of imide groups is 1. The Kier molecular flexibility index (Phi) is 4.84. The maximum absolute atomic E-state index is 12.4. The number of nitrogens with zero attached hydrogens (tertiary/aromatic N) is 4. The number of thioether (sulfide) groups is 1. The Bertz CT molecular complexity index is 746. The van der Waals surface area contributed by atoms with Crippen LogP contribution in [-0.2, 0) is 18.3 Å². The van der Waals surface area contributed by atoms with Gasteiger partial charge in [0.05, 0.1) is 5.25 Å². The Labute approximate surface area is 144 Å². The SMILES string of the molecule is CC(Sc1nnc(Cc2ccccc2)n1C)C(=O)N1CCNC1=O. The average molecular weight is 345 g/mol. The summed E-state index contributed by atoms with van der Waals surface area (Å²) in [5, 5.41) is 11.3. The number of urea groups is 1. The molecule has 1 N–H and O–H groups in total. The highest BCUT2D eigenvalue weighted by molar-refractivity contribution is 8.00. The molecule has 3 amide bonds. The van der Waals surface area contributed by atoms with Crippen LogP contribution in [-0.4, -0.2) is 49.9 Å². The molecule has 1 saturated heterocycles. The van der Waals surface area contributed by atoms with E-state index in [0.29, 0.717) is 24.7 Å². The molecular formula is C16H19N5O2S. The molecule has 3 rings (SSSR count). The molecule has 8 heteroatoms. The first-order valence-electron chi connectivity index (χ1n) is 7.74. The predicted octanol–water partition coefficient (Wildman–Crippen LogP) is 1.44. The van der Waals surface area contributed by atoms with Crippen molar-refractivity contribution in [2.24, 2.45) is 7.05 Å². The highest BCUT2D eigenvalue weighted by Gasteiger charge is 2.31. The van der Waals surface area contributed by atoms with Crippen LogP contribution in [0.3, 0.4) is 0 Å². The highest BCUT2D eigenvalue weighted by atomic mass is 32.2. The summed E-state index contributed by atoms with van der Waals surface area (Å²) in [6.07, 6.45) is 0.682. The second-order valence-electron chi connectivity index (χ2n) is 5.60. The molecule has 126 valence electrons. The lowest BCUT2D eigenvalue weighted by Crippen LogP contribution is -2.39. The van der Waals surface area contributed by atoms with Gasteiger partial charge in [0.2, 0.25) is 5.91 Å². The molecule has 24 heavy (non-hydrogen) atoms. The summed E-state index contributed by atoms with van der Waals surface area (Å²) in [5.41, 5.74) is 1.16. The quantitative estimate of drug-likeness (QED) is 0.830. The van der Waals surface area contributed by atoms with Crippen molar-refractivity contribution < 1.29 is 9.59 Å². The largest absolute Gasteiger partial charge is 0.336 e. The van der Waals surface area contributed by atoms with Gasteiger partial charge in [-0.15, -0.1) is 10.2 Å². The molecule has 0 radical (unpaired) electrons. The highest BCUT2D eigenvalue weighted by Crippen LogP contribution is 2.24. The zero-order chi connectivity index (χ0) is 17.1. The molecule has 1 fully saturated rings. The molecular weight excluding hydrogens is 326 g/mol. The molecule has 0 saturated carbocycles. The molecule has 1 aromatic carbocycles. The monoisotopic (exact) mass is 345 g/mol. The smallest absolute Gasteiger partial charge is 0.324 e. The number of rotatable bonds is 5. The van der Waals surface area contributed by atoms with E-state index in [1.165, 1.54) is 16.7 Å². The summed E-state index contributed by atoms with van der Waals surface area (Å²) in [5.74, 6) is 0.630. The van der Waals surface area contributed by atoms with Crippen molar-refractivity contribution in [2.75, 3.05) is 13.1 Å². The number of benzene rings is 1. The first-order chi connectivity index (χ1) is 11.6. The van der Waals surface area contributed by atoms with Gasteiger partial charge in [0, 0.05) is 26.6 Å². The van der Waals surface area contributed by atoms with Crippen LogP contribution in [0.15, 0.2) is 35.5 Å². The lowest BCUT2D eigenvalue weighted by atomic mass is 10.1. The van der Waals surface area contributed by atoms with Crippen LogP contribution < -0.4 is 5.32 Å². The Morgan fingerprint density at radius 3 is 2.75 bits per heavy atom. The van der Waals surface area contributed by atoms with E-state index < -0.39 is 5.25 Å². The summed E-state index contributed by atoms with van der Waals surface area (Å²) in [6.45, 7) is 2.71. The van der Waals surface area contributed by atoms with Gasteiger partial charge < -0.3 is 9.88 Å². The summed E-state index contributed by atoms with van der Waals surface area (Å²) >= 11 is 1.32. The lowest BCUT2D eigenvalue weighted by Gasteiger charge is -2.16. The van der Waals surface area contributed by atoms with Gasteiger partial charge in [0.15, 0.2) is 5.16 Å². The van der Waals surface area contributed by atoms with Crippen LogP contribution in [0.1, 0.15) is 18.3 Å². The number of hydrogen-bond acceptors (Lipinski definition) is 5. The van der Waals surface area contributed by atoms with Gasteiger partial charge in [-0.05, 0) is 12.5 Å². The third-order valence-corrected chi connectivity index (χ3v) is 5.00. The molecule has 0 spiro atoms. The lowest BCUT2D eigenvalue weighted by molar-refractivity contribution is -0.126. The first kappa shape index (κ1) is 16.5. The van der Waals surface area contributed by atoms with Crippen molar-refractivity contribution in [3.63, 3.8) is 0 Å². The number of carbonyl (C=O) groups excluding carboxylic acids is 2. The van der Waals surface area contributed by atoms with Gasteiger partial charge in [-0.2, -0.15) is 0 Å². The second-order valence-corrected chi connectivity index (χ2v) is 6.91. The predicted molar refractivity (Wildman–Crippen MR) is 90.7 cm³/mol. The van der Waals surface area contributed by atoms with E-state index in [0.717, 1.165) is 11.4 Å². The molecule has 0 bridgehead atoms. The van der Waals surface area contributed by atoms with Crippen molar-refractivity contribution in [3.8, 4) is 0 Å². The summed E-state index contributed by atoms with van der Waals surface area (Å²) in [7, 11) is 1.89. The minimum atomic E-state index is -0.402. The van der Waals surface area contributed by atoms with Gasteiger partial charge in [-0.1, -0.05) is 42.1 Å². The van der Waals surface area contributed by atoms with Crippen LogP contribution in [0.5, 0.6) is 0 Å². The van der Waals surface area contributed by atoms with Crippen LogP contribution >= 0.6 is 11.8 Å². The first-order valence-corrected chi connectivity index (χ1v) is 8.62. The Morgan fingerprint density at radius 1 is 1.33 bits per heavy atom. The second kappa shape index (κ2) is 7.04. The van der Waals surface area contributed by atoms with Gasteiger partial charge in [-0.25, -0.2) is 4.79 Å². The molecule has 1 unspecified atom stereocenters. The number of amides is 3. The van der Waals surface area contributed by atoms with E-state index in [4.69, 9.17) is 0 Å². The van der Waals surface area contributed by atoms with Crippen molar-refractivity contribution in [2.45, 2.75) is 23.8 Å². The van der Waals surface area contributed by atoms with Crippen LogP contribution in [0, 0.1) is 0 Å². The fourth-order valence-electron chi connectivity index (χ4n) is 2.49. The molecule has 0 aliphatic carbocycles. The zero-order valence-electron chi connectivity index (χ0n) is 13.6.